The highest BCUT2D eigenvalue weighted by Crippen LogP contribution is 2.32. The predicted molar refractivity (Wildman–Crippen MR) is 126 cm³/mol. The van der Waals surface area contributed by atoms with Crippen LogP contribution in [0.3, 0.4) is 0 Å². The third kappa shape index (κ3) is 6.62. The molecule has 1 amide bonds. The van der Waals surface area contributed by atoms with Crippen LogP contribution in [0.2, 0.25) is 5.02 Å². The number of hydrogen-bond acceptors (Lipinski definition) is 5. The molecule has 3 aromatic carbocycles. The summed E-state index contributed by atoms with van der Waals surface area (Å²) in [5, 5.41) is 4.26. The van der Waals surface area contributed by atoms with Crippen molar-refractivity contribution >= 4 is 61.6 Å². The second-order valence-electron chi connectivity index (χ2n) is 6.22. The average Bonchev–Trinajstić information content (AvgIpc) is 2.75. The van der Waals surface area contributed by atoms with Crippen molar-refractivity contribution in [2.45, 2.75) is 0 Å². The third-order valence-corrected chi connectivity index (χ3v) is 5.24. The van der Waals surface area contributed by atoms with Gasteiger partial charge in [0.25, 0.3) is 5.91 Å². The fourth-order valence-electron chi connectivity index (χ4n) is 2.46. The molecular formula is C22H14Br2ClFN2O4. The largest absolute Gasteiger partial charge is 0.482 e. The number of ether oxygens (including phenoxy) is 2. The van der Waals surface area contributed by atoms with Gasteiger partial charge in [-0.1, -0.05) is 45.7 Å². The first-order valence-corrected chi connectivity index (χ1v) is 11.0. The summed E-state index contributed by atoms with van der Waals surface area (Å²) in [5.74, 6) is -1.31. The van der Waals surface area contributed by atoms with Gasteiger partial charge < -0.3 is 9.47 Å². The zero-order valence-electron chi connectivity index (χ0n) is 16.2. The van der Waals surface area contributed by atoms with Crippen molar-refractivity contribution in [3.63, 3.8) is 0 Å². The van der Waals surface area contributed by atoms with Crippen LogP contribution < -0.4 is 14.9 Å². The molecule has 10 heteroatoms. The fraction of sp³-hybridized carbons (Fsp3) is 0.0455. The summed E-state index contributed by atoms with van der Waals surface area (Å²) in [6, 6.07) is 15.2. The number of halogens is 4. The van der Waals surface area contributed by atoms with Gasteiger partial charge >= 0.3 is 5.97 Å². The van der Waals surface area contributed by atoms with E-state index in [-0.39, 0.29) is 17.9 Å². The smallest absolute Gasteiger partial charge is 0.343 e. The van der Waals surface area contributed by atoms with Crippen molar-refractivity contribution in [2.75, 3.05) is 6.61 Å². The summed E-state index contributed by atoms with van der Waals surface area (Å²) in [7, 11) is 0. The van der Waals surface area contributed by atoms with Crippen LogP contribution in [0.5, 0.6) is 11.5 Å². The van der Waals surface area contributed by atoms with E-state index in [1.807, 2.05) is 0 Å². The molecule has 0 fully saturated rings. The van der Waals surface area contributed by atoms with E-state index < -0.39 is 17.7 Å². The van der Waals surface area contributed by atoms with Gasteiger partial charge in [-0.15, -0.1) is 0 Å². The number of hydrazone groups is 1. The van der Waals surface area contributed by atoms with Crippen LogP contribution in [0.15, 0.2) is 74.7 Å². The minimum absolute atomic E-state index is 0.0488. The van der Waals surface area contributed by atoms with Gasteiger partial charge in [-0.2, -0.15) is 5.10 Å². The number of amides is 1. The molecule has 0 saturated heterocycles. The molecule has 6 nitrogen and oxygen atoms in total. The van der Waals surface area contributed by atoms with E-state index in [1.54, 1.807) is 36.4 Å². The number of para-hydroxylation sites is 1. The Kier molecular flexibility index (Phi) is 8.38. The van der Waals surface area contributed by atoms with Crippen LogP contribution in [0, 0.1) is 5.82 Å². The number of nitrogens with one attached hydrogen (secondary N) is 1. The molecular weight excluding hydrogens is 571 g/mol. The Labute approximate surface area is 204 Å². The van der Waals surface area contributed by atoms with Crippen LogP contribution in [0.25, 0.3) is 0 Å². The summed E-state index contributed by atoms with van der Waals surface area (Å²) < 4.78 is 25.3. The molecule has 3 rings (SSSR count). The molecule has 0 aliphatic rings. The summed E-state index contributed by atoms with van der Waals surface area (Å²) in [5.41, 5.74) is 2.75. The first-order chi connectivity index (χ1) is 15.3. The molecule has 0 radical (unpaired) electrons. The van der Waals surface area contributed by atoms with Crippen molar-refractivity contribution in [3.8, 4) is 11.5 Å². The highest BCUT2D eigenvalue weighted by atomic mass is 79.9. The van der Waals surface area contributed by atoms with Gasteiger partial charge in [0.1, 0.15) is 11.6 Å². The summed E-state index contributed by atoms with van der Waals surface area (Å²) in [6.07, 6.45) is 1.30. The van der Waals surface area contributed by atoms with Gasteiger partial charge in [-0.3, -0.25) is 4.79 Å². The molecule has 0 aliphatic heterocycles. The Balaban J connectivity index is 1.69. The van der Waals surface area contributed by atoms with E-state index in [1.165, 1.54) is 24.4 Å². The molecule has 0 saturated carbocycles. The van der Waals surface area contributed by atoms with Crippen LogP contribution in [0.4, 0.5) is 4.39 Å². The molecule has 0 unspecified atom stereocenters. The summed E-state index contributed by atoms with van der Waals surface area (Å²) in [4.78, 5) is 24.4. The highest BCUT2D eigenvalue weighted by Gasteiger charge is 2.16. The minimum Gasteiger partial charge on any atom is -0.482 e. The van der Waals surface area contributed by atoms with Gasteiger partial charge in [0.15, 0.2) is 12.4 Å². The Morgan fingerprint density at radius 1 is 1.09 bits per heavy atom. The quantitative estimate of drug-likeness (QED) is 0.166. The monoisotopic (exact) mass is 582 g/mol. The van der Waals surface area contributed by atoms with Crippen molar-refractivity contribution in [3.05, 3.63) is 91.6 Å². The van der Waals surface area contributed by atoms with Crippen molar-refractivity contribution in [2.24, 2.45) is 5.10 Å². The Morgan fingerprint density at radius 3 is 2.62 bits per heavy atom. The molecule has 32 heavy (non-hydrogen) atoms. The molecule has 0 spiro atoms. The molecule has 0 aromatic heterocycles. The Hall–Kier alpha value is -2.75. The van der Waals surface area contributed by atoms with Crippen molar-refractivity contribution in [1.82, 2.24) is 5.43 Å². The van der Waals surface area contributed by atoms with E-state index in [2.05, 4.69) is 42.4 Å². The number of esters is 1. The van der Waals surface area contributed by atoms with Crippen LogP contribution in [-0.4, -0.2) is 24.7 Å². The standard InChI is InChI=1S/C22H14Br2ClFN2O4/c23-15-8-14(11-27-28-20(29)12-31-19-7-2-1-6-18(19)25)21(17(24)10-15)32-22(30)13-4-3-5-16(26)9-13/h1-11H,12H2,(H,28,29). The number of rotatable bonds is 7. The summed E-state index contributed by atoms with van der Waals surface area (Å²) >= 11 is 12.6. The lowest BCUT2D eigenvalue weighted by Crippen LogP contribution is -2.24. The average molecular weight is 585 g/mol. The molecule has 0 aliphatic carbocycles. The lowest BCUT2D eigenvalue weighted by atomic mass is 10.2. The van der Waals surface area contributed by atoms with Crippen LogP contribution in [-0.2, 0) is 4.79 Å². The number of hydrogen-bond donors (Lipinski definition) is 1. The SMILES string of the molecule is O=C(COc1ccccc1Cl)NN=Cc1cc(Br)cc(Br)c1OC(=O)c1cccc(F)c1. The first kappa shape index (κ1) is 23.9. The minimum atomic E-state index is -0.751. The van der Waals surface area contributed by atoms with Crippen LogP contribution >= 0.6 is 43.5 Å². The van der Waals surface area contributed by atoms with E-state index in [0.717, 1.165) is 6.07 Å². The van der Waals surface area contributed by atoms with Gasteiger partial charge in [0.05, 0.1) is 21.3 Å². The van der Waals surface area contributed by atoms with E-state index >= 15 is 0 Å². The van der Waals surface area contributed by atoms with E-state index in [4.69, 9.17) is 21.1 Å². The molecule has 0 heterocycles. The fourth-order valence-corrected chi connectivity index (χ4v) is 3.99. The van der Waals surface area contributed by atoms with Crippen molar-refractivity contribution < 1.29 is 23.5 Å². The lowest BCUT2D eigenvalue weighted by Gasteiger charge is -2.11. The maximum absolute atomic E-state index is 13.4. The molecule has 3 aromatic rings. The lowest BCUT2D eigenvalue weighted by molar-refractivity contribution is -0.123. The predicted octanol–water partition coefficient (Wildman–Crippen LogP) is 5.75. The van der Waals surface area contributed by atoms with E-state index in [0.29, 0.717) is 25.3 Å². The Bertz CT molecular complexity index is 1190. The number of nitrogens with zero attached hydrogens (tertiary/aromatic N) is 1. The molecule has 0 atom stereocenters. The maximum Gasteiger partial charge on any atom is 0.343 e. The van der Waals surface area contributed by atoms with Gasteiger partial charge in [-0.05, 0) is 58.4 Å². The van der Waals surface area contributed by atoms with Gasteiger partial charge in [0, 0.05) is 10.0 Å². The van der Waals surface area contributed by atoms with Crippen LogP contribution in [0.1, 0.15) is 15.9 Å². The van der Waals surface area contributed by atoms with E-state index in [9.17, 15) is 14.0 Å². The van der Waals surface area contributed by atoms with Gasteiger partial charge in [0.2, 0.25) is 0 Å². The first-order valence-electron chi connectivity index (χ1n) is 8.99. The Morgan fingerprint density at radius 2 is 1.88 bits per heavy atom. The number of benzene rings is 3. The molecule has 164 valence electrons. The zero-order chi connectivity index (χ0) is 23.1. The van der Waals surface area contributed by atoms with Crippen molar-refractivity contribution in [1.29, 1.82) is 0 Å². The molecule has 1 N–H and O–H groups in total. The molecule has 0 bridgehead atoms. The topological polar surface area (TPSA) is 77.0 Å². The maximum atomic E-state index is 13.4. The highest BCUT2D eigenvalue weighted by molar-refractivity contribution is 9.11. The zero-order valence-corrected chi connectivity index (χ0v) is 20.1. The summed E-state index contributed by atoms with van der Waals surface area (Å²) in [6.45, 7) is -0.301. The number of carbonyl (C=O) groups is 2. The third-order valence-electron chi connectivity index (χ3n) is 3.88. The second kappa shape index (κ2) is 11.2. The second-order valence-corrected chi connectivity index (χ2v) is 8.40. The number of carbonyl (C=O) groups excluding carboxylic acids is 2. The normalized spacial score (nSPS) is 10.8. The van der Waals surface area contributed by atoms with Gasteiger partial charge in [-0.25, -0.2) is 14.6 Å².